The van der Waals surface area contributed by atoms with E-state index in [9.17, 15) is 19.7 Å². The molecule has 0 heterocycles. The van der Waals surface area contributed by atoms with Crippen LogP contribution in [-0.2, 0) is 9.53 Å². The Labute approximate surface area is 119 Å². The highest BCUT2D eigenvalue weighted by molar-refractivity contribution is 5.92. The lowest BCUT2D eigenvalue weighted by Gasteiger charge is -2.10. The molecule has 0 atom stereocenters. The minimum atomic E-state index is -0.892. The van der Waals surface area contributed by atoms with Crippen molar-refractivity contribution >= 4 is 17.7 Å². The standard InChI is InChI=1S/C12H14N2O7/c1-3-20-12(16)13-11(15)7-21-10-6-8(14(17)18)4-5-9(10)19-2/h4-6H,3,7H2,1-2H3,(H,13,15,16). The topological polar surface area (TPSA) is 117 Å². The highest BCUT2D eigenvalue weighted by atomic mass is 16.6. The summed E-state index contributed by atoms with van der Waals surface area (Å²) in [5.41, 5.74) is -0.211. The van der Waals surface area contributed by atoms with E-state index >= 15 is 0 Å². The number of carbonyl (C=O) groups excluding carboxylic acids is 2. The SMILES string of the molecule is CCOC(=O)NC(=O)COc1cc([N+](=O)[O-])ccc1OC. The molecular weight excluding hydrogens is 284 g/mol. The molecule has 1 rings (SSSR count). The van der Waals surface area contributed by atoms with Gasteiger partial charge in [-0.15, -0.1) is 0 Å². The molecule has 1 aromatic rings. The van der Waals surface area contributed by atoms with Crippen LogP contribution in [0.15, 0.2) is 18.2 Å². The molecule has 0 fully saturated rings. The van der Waals surface area contributed by atoms with Crippen LogP contribution in [-0.4, -0.2) is 37.2 Å². The third-order valence-corrected chi connectivity index (χ3v) is 2.23. The third-order valence-electron chi connectivity index (χ3n) is 2.23. The number of carbonyl (C=O) groups is 2. The fourth-order valence-corrected chi connectivity index (χ4v) is 1.35. The first-order valence-electron chi connectivity index (χ1n) is 5.89. The van der Waals surface area contributed by atoms with Gasteiger partial charge in [-0.2, -0.15) is 0 Å². The van der Waals surface area contributed by atoms with Crippen LogP contribution in [0.1, 0.15) is 6.92 Å². The quantitative estimate of drug-likeness (QED) is 0.620. The maximum atomic E-state index is 11.4. The number of hydrogen-bond donors (Lipinski definition) is 1. The summed E-state index contributed by atoms with van der Waals surface area (Å²) >= 11 is 0. The van der Waals surface area contributed by atoms with Crippen LogP contribution in [0.25, 0.3) is 0 Å². The molecule has 0 saturated carbocycles. The molecule has 1 aromatic carbocycles. The molecule has 0 aromatic heterocycles. The summed E-state index contributed by atoms with van der Waals surface area (Å²) in [6.07, 6.45) is -0.892. The van der Waals surface area contributed by atoms with Crippen LogP contribution in [0, 0.1) is 10.1 Å². The van der Waals surface area contributed by atoms with Crippen molar-refractivity contribution in [3.8, 4) is 11.5 Å². The Morgan fingerprint density at radius 2 is 2.05 bits per heavy atom. The minimum Gasteiger partial charge on any atom is -0.493 e. The van der Waals surface area contributed by atoms with Gasteiger partial charge in [0.2, 0.25) is 0 Å². The van der Waals surface area contributed by atoms with E-state index in [1.54, 1.807) is 6.92 Å². The van der Waals surface area contributed by atoms with Crippen molar-refractivity contribution in [3.05, 3.63) is 28.3 Å². The monoisotopic (exact) mass is 298 g/mol. The minimum absolute atomic E-state index is 0.0192. The molecule has 2 amide bonds. The summed E-state index contributed by atoms with van der Waals surface area (Å²) in [5, 5.41) is 12.6. The number of nitrogens with one attached hydrogen (secondary N) is 1. The second-order valence-corrected chi connectivity index (χ2v) is 3.65. The zero-order valence-electron chi connectivity index (χ0n) is 11.5. The van der Waals surface area contributed by atoms with Crippen molar-refractivity contribution in [1.29, 1.82) is 0 Å². The Hall–Kier alpha value is -2.84. The van der Waals surface area contributed by atoms with Crippen molar-refractivity contribution in [3.63, 3.8) is 0 Å². The molecule has 0 bridgehead atoms. The van der Waals surface area contributed by atoms with Gasteiger partial charge in [-0.3, -0.25) is 20.2 Å². The molecule has 0 unspecified atom stereocenters. The number of nitro groups is 1. The smallest absolute Gasteiger partial charge is 0.413 e. The predicted molar refractivity (Wildman–Crippen MR) is 70.3 cm³/mol. The number of non-ortho nitro benzene ring substituents is 1. The van der Waals surface area contributed by atoms with Crippen molar-refractivity contribution in [2.75, 3.05) is 20.3 Å². The van der Waals surface area contributed by atoms with E-state index in [0.717, 1.165) is 6.07 Å². The maximum absolute atomic E-state index is 11.4. The second kappa shape index (κ2) is 7.68. The molecule has 0 aliphatic heterocycles. The van der Waals surface area contributed by atoms with Gasteiger partial charge in [-0.25, -0.2) is 4.79 Å². The molecule has 0 radical (unpaired) electrons. The van der Waals surface area contributed by atoms with Gasteiger partial charge in [-0.1, -0.05) is 0 Å². The second-order valence-electron chi connectivity index (χ2n) is 3.65. The summed E-state index contributed by atoms with van der Waals surface area (Å²) in [6.45, 7) is 1.20. The van der Waals surface area contributed by atoms with Gasteiger partial charge in [-0.05, 0) is 13.0 Å². The zero-order chi connectivity index (χ0) is 15.8. The van der Waals surface area contributed by atoms with Crippen molar-refractivity contribution in [2.24, 2.45) is 0 Å². The Morgan fingerprint density at radius 1 is 1.33 bits per heavy atom. The summed E-state index contributed by atoms with van der Waals surface area (Å²) in [6, 6.07) is 3.71. The van der Waals surface area contributed by atoms with E-state index < -0.39 is 23.5 Å². The van der Waals surface area contributed by atoms with Crippen LogP contribution < -0.4 is 14.8 Å². The van der Waals surface area contributed by atoms with E-state index in [1.807, 2.05) is 5.32 Å². The molecule has 0 spiro atoms. The van der Waals surface area contributed by atoms with Gasteiger partial charge in [0.05, 0.1) is 24.7 Å². The Balaban J connectivity index is 2.69. The molecule has 114 valence electrons. The molecule has 0 aliphatic carbocycles. The van der Waals surface area contributed by atoms with Crippen molar-refractivity contribution in [2.45, 2.75) is 6.92 Å². The van der Waals surface area contributed by atoms with E-state index in [4.69, 9.17) is 9.47 Å². The number of amides is 2. The van der Waals surface area contributed by atoms with Crippen molar-refractivity contribution in [1.82, 2.24) is 5.32 Å². The van der Waals surface area contributed by atoms with Gasteiger partial charge < -0.3 is 14.2 Å². The predicted octanol–water partition coefficient (Wildman–Crippen LogP) is 1.25. The number of benzene rings is 1. The Morgan fingerprint density at radius 3 is 2.62 bits per heavy atom. The van der Waals surface area contributed by atoms with Crippen molar-refractivity contribution < 1.29 is 28.7 Å². The lowest BCUT2D eigenvalue weighted by Crippen LogP contribution is -2.34. The molecule has 21 heavy (non-hydrogen) atoms. The average Bonchev–Trinajstić information content (AvgIpc) is 2.44. The normalized spacial score (nSPS) is 9.62. The lowest BCUT2D eigenvalue weighted by atomic mass is 10.3. The Kier molecular flexibility index (Phi) is 5.93. The lowest BCUT2D eigenvalue weighted by molar-refractivity contribution is -0.385. The van der Waals surface area contributed by atoms with Crippen LogP contribution in [0.3, 0.4) is 0 Å². The van der Waals surface area contributed by atoms with Gasteiger partial charge >= 0.3 is 6.09 Å². The van der Waals surface area contributed by atoms with Gasteiger partial charge in [0.1, 0.15) is 0 Å². The molecule has 9 nitrogen and oxygen atoms in total. The highest BCUT2D eigenvalue weighted by Crippen LogP contribution is 2.30. The number of alkyl carbamates (subject to hydrolysis) is 1. The number of imide groups is 1. The van der Waals surface area contributed by atoms with Crippen LogP contribution in [0.5, 0.6) is 11.5 Å². The van der Waals surface area contributed by atoms with Crippen LogP contribution in [0.2, 0.25) is 0 Å². The number of rotatable bonds is 6. The largest absolute Gasteiger partial charge is 0.493 e. The zero-order valence-corrected chi connectivity index (χ0v) is 11.5. The molecule has 1 N–H and O–H groups in total. The number of ether oxygens (including phenoxy) is 3. The summed E-state index contributed by atoms with van der Waals surface area (Å²) in [4.78, 5) is 32.5. The van der Waals surface area contributed by atoms with E-state index in [-0.39, 0.29) is 23.8 Å². The van der Waals surface area contributed by atoms with E-state index in [2.05, 4.69) is 4.74 Å². The van der Waals surface area contributed by atoms with Gasteiger partial charge in [0.25, 0.3) is 11.6 Å². The first-order valence-corrected chi connectivity index (χ1v) is 5.89. The van der Waals surface area contributed by atoms with E-state index in [0.29, 0.717) is 0 Å². The third kappa shape index (κ3) is 4.97. The fourth-order valence-electron chi connectivity index (χ4n) is 1.35. The Bertz CT molecular complexity index is 544. The molecule has 9 heteroatoms. The maximum Gasteiger partial charge on any atom is 0.413 e. The first-order chi connectivity index (χ1) is 9.97. The number of methoxy groups -OCH3 is 1. The van der Waals surface area contributed by atoms with Gasteiger partial charge in [0, 0.05) is 6.07 Å². The van der Waals surface area contributed by atoms with Crippen LogP contribution in [0.4, 0.5) is 10.5 Å². The summed E-state index contributed by atoms with van der Waals surface area (Å²) < 4.78 is 14.6. The number of hydrogen-bond acceptors (Lipinski definition) is 7. The number of nitrogens with zero attached hydrogens (tertiary/aromatic N) is 1. The van der Waals surface area contributed by atoms with Gasteiger partial charge in [0.15, 0.2) is 18.1 Å². The number of nitro benzene ring substituents is 1. The molecule has 0 aliphatic rings. The highest BCUT2D eigenvalue weighted by Gasteiger charge is 2.15. The fraction of sp³-hybridized carbons (Fsp3) is 0.333. The van der Waals surface area contributed by atoms with Crippen LogP contribution >= 0.6 is 0 Å². The molecular formula is C12H14N2O7. The molecule has 0 saturated heterocycles. The average molecular weight is 298 g/mol. The van der Waals surface area contributed by atoms with E-state index in [1.165, 1.54) is 19.2 Å². The first kappa shape index (κ1) is 16.2. The summed E-state index contributed by atoms with van der Waals surface area (Å²) in [7, 11) is 1.35. The summed E-state index contributed by atoms with van der Waals surface area (Å²) in [5.74, 6) is -0.503.